The first-order valence-corrected chi connectivity index (χ1v) is 11.8. The summed E-state index contributed by atoms with van der Waals surface area (Å²) < 4.78 is 6.32. The molecule has 0 aromatic heterocycles. The fourth-order valence-electron chi connectivity index (χ4n) is 3.56. The number of hydrogen-bond donors (Lipinski definition) is 3. The highest BCUT2D eigenvalue weighted by Gasteiger charge is 2.71. The van der Waals surface area contributed by atoms with E-state index in [1.54, 1.807) is 5.06 Å². The van der Waals surface area contributed by atoms with Crippen molar-refractivity contribution in [3.05, 3.63) is 29.8 Å². The number of benzene rings is 1. The number of hydroxylamine groups is 1. The third kappa shape index (κ3) is 2.34. The van der Waals surface area contributed by atoms with Crippen molar-refractivity contribution in [1.29, 1.82) is 0 Å². The van der Waals surface area contributed by atoms with E-state index in [-0.39, 0.29) is 23.7 Å². The van der Waals surface area contributed by atoms with Crippen molar-refractivity contribution in [2.75, 3.05) is 18.2 Å². The van der Waals surface area contributed by atoms with Crippen LogP contribution in [-0.2, 0) is 14.9 Å². The first-order valence-electron chi connectivity index (χ1n) is 8.91. The van der Waals surface area contributed by atoms with Gasteiger partial charge in [0.25, 0.3) is 0 Å². The molecule has 2 unspecified atom stereocenters. The van der Waals surface area contributed by atoms with Gasteiger partial charge in [0.05, 0.1) is 24.9 Å². The Balaban J connectivity index is 1.74. The number of para-hydroxylation sites is 1. The minimum atomic E-state index is -2.10. The highest BCUT2D eigenvalue weighted by Crippen LogP contribution is 2.53. The van der Waals surface area contributed by atoms with E-state index in [1.165, 1.54) is 0 Å². The Morgan fingerprint density at radius 3 is 2.68 bits per heavy atom. The first-order chi connectivity index (χ1) is 11.5. The highest BCUT2D eigenvalue weighted by atomic mass is 28.4. The number of hydrogen-bond acceptors (Lipinski definition) is 6. The average molecular weight is 365 g/mol. The van der Waals surface area contributed by atoms with E-state index in [9.17, 15) is 10.2 Å². The molecule has 3 N–H and O–H groups in total. The third-order valence-electron chi connectivity index (χ3n) is 6.38. The van der Waals surface area contributed by atoms with Crippen molar-refractivity contribution in [1.82, 2.24) is 5.32 Å². The van der Waals surface area contributed by atoms with Crippen LogP contribution in [0.1, 0.15) is 26.3 Å². The van der Waals surface area contributed by atoms with Gasteiger partial charge in [0.15, 0.2) is 13.9 Å². The van der Waals surface area contributed by atoms with E-state index in [1.807, 2.05) is 24.3 Å². The number of fused-ring (bicyclic) bond motifs is 6. The topological polar surface area (TPSA) is 84.1 Å². The van der Waals surface area contributed by atoms with Crippen molar-refractivity contribution < 1.29 is 19.5 Å². The normalized spacial score (nSPS) is 36.7. The van der Waals surface area contributed by atoms with Crippen LogP contribution < -0.4 is 10.4 Å². The van der Waals surface area contributed by atoms with Crippen molar-refractivity contribution in [3.63, 3.8) is 0 Å². The summed E-state index contributed by atoms with van der Waals surface area (Å²) in [6.45, 7) is 11.4. The lowest BCUT2D eigenvalue weighted by Crippen LogP contribution is -2.69. The number of aliphatic hydroxyl groups is 2. The van der Waals surface area contributed by atoms with E-state index in [0.717, 1.165) is 5.69 Å². The van der Waals surface area contributed by atoms with Crippen LogP contribution in [0.3, 0.4) is 0 Å². The van der Waals surface area contributed by atoms with Crippen LogP contribution in [0.15, 0.2) is 24.3 Å². The van der Waals surface area contributed by atoms with Crippen LogP contribution in [0, 0.1) is 0 Å². The van der Waals surface area contributed by atoms with E-state index in [0.29, 0.717) is 12.1 Å². The molecule has 4 rings (SSSR count). The molecule has 0 amide bonds. The van der Waals surface area contributed by atoms with Gasteiger partial charge in [0.1, 0.15) is 0 Å². The van der Waals surface area contributed by atoms with E-state index < -0.39 is 19.7 Å². The largest absolute Gasteiger partial charge is 0.413 e. The molecule has 2 bridgehead atoms. The molecule has 4 atom stereocenters. The molecule has 1 aromatic carbocycles. The van der Waals surface area contributed by atoms with Gasteiger partial charge in [-0.05, 0) is 24.2 Å². The first kappa shape index (κ1) is 17.5. The van der Waals surface area contributed by atoms with E-state index in [4.69, 9.17) is 9.26 Å². The summed E-state index contributed by atoms with van der Waals surface area (Å²) in [4.78, 5) is 5.87. The van der Waals surface area contributed by atoms with Gasteiger partial charge >= 0.3 is 0 Å². The average Bonchev–Trinajstić information content (AvgIpc) is 3.31. The second kappa shape index (κ2) is 5.06. The SMILES string of the molecule is CC(C)(C)[Si](C)(C)OC[C@]1(O)c2ccccc2N2CC3NC3[C@]1(O)O2. The lowest BCUT2D eigenvalue weighted by atomic mass is 9.79. The molecule has 3 aliphatic heterocycles. The molecule has 1 aromatic rings. The van der Waals surface area contributed by atoms with Gasteiger partial charge < -0.3 is 20.0 Å². The molecule has 2 saturated heterocycles. The smallest absolute Gasteiger partial charge is 0.244 e. The Kier molecular flexibility index (Phi) is 3.53. The van der Waals surface area contributed by atoms with Crippen molar-refractivity contribution in [2.45, 2.75) is 62.4 Å². The summed E-state index contributed by atoms with van der Waals surface area (Å²) in [6, 6.07) is 7.38. The quantitative estimate of drug-likeness (QED) is 0.559. The van der Waals surface area contributed by atoms with Crippen LogP contribution in [0.2, 0.25) is 18.1 Å². The molecule has 7 heteroatoms. The molecule has 0 aliphatic carbocycles. The standard InChI is InChI=1S/C18H28N2O4Si/c1-16(2,3)25(4,5)23-11-17(21)12-8-6-7-9-14(12)20-10-13-15(19-13)18(17,22)24-20/h6-9,13,15,19,21-22H,10-11H2,1-5H3/t13?,15?,17-,18-/m0/s1. The zero-order chi connectivity index (χ0) is 18.3. The second-order valence-electron chi connectivity index (χ2n) is 9.03. The molecule has 3 aliphatic rings. The van der Waals surface area contributed by atoms with Crippen LogP contribution in [0.25, 0.3) is 0 Å². The summed E-state index contributed by atoms with van der Waals surface area (Å²) in [5.41, 5.74) is -0.169. The maximum absolute atomic E-state index is 11.7. The van der Waals surface area contributed by atoms with Gasteiger partial charge in [-0.25, -0.2) is 9.90 Å². The molecule has 138 valence electrons. The number of rotatable bonds is 3. The minimum Gasteiger partial charge on any atom is -0.413 e. The molecule has 25 heavy (non-hydrogen) atoms. The van der Waals surface area contributed by atoms with Crippen LogP contribution in [0.4, 0.5) is 5.69 Å². The number of nitrogens with zero attached hydrogens (tertiary/aromatic N) is 1. The summed E-state index contributed by atoms with van der Waals surface area (Å²) in [6.07, 6.45) is 0. The fraction of sp³-hybridized carbons (Fsp3) is 0.667. The molecular weight excluding hydrogens is 336 g/mol. The Hall–Kier alpha value is -0.963. The Morgan fingerprint density at radius 2 is 2.00 bits per heavy atom. The summed E-state index contributed by atoms with van der Waals surface area (Å²) in [5, 5.41) is 28.0. The highest BCUT2D eigenvalue weighted by molar-refractivity contribution is 6.74. The summed E-state index contributed by atoms with van der Waals surface area (Å²) >= 11 is 0. The van der Waals surface area contributed by atoms with Crippen LogP contribution in [-0.4, -0.2) is 49.6 Å². The van der Waals surface area contributed by atoms with Crippen LogP contribution in [0.5, 0.6) is 0 Å². The third-order valence-corrected chi connectivity index (χ3v) is 10.9. The Bertz CT molecular complexity index is 707. The van der Waals surface area contributed by atoms with Gasteiger partial charge in [0.2, 0.25) is 5.79 Å². The molecule has 3 heterocycles. The van der Waals surface area contributed by atoms with Crippen molar-refractivity contribution >= 4 is 14.0 Å². The zero-order valence-corrected chi connectivity index (χ0v) is 16.5. The number of nitrogens with one attached hydrogen (secondary N) is 1. The molecule has 6 nitrogen and oxygen atoms in total. The molecule has 0 saturated carbocycles. The lowest BCUT2D eigenvalue weighted by molar-refractivity contribution is -0.331. The second-order valence-corrected chi connectivity index (χ2v) is 13.8. The predicted octanol–water partition coefficient (Wildman–Crippen LogP) is 1.69. The maximum atomic E-state index is 11.7. The number of anilines is 1. The molecule has 2 fully saturated rings. The van der Waals surface area contributed by atoms with E-state index >= 15 is 0 Å². The predicted molar refractivity (Wildman–Crippen MR) is 97.6 cm³/mol. The van der Waals surface area contributed by atoms with Gasteiger partial charge in [-0.2, -0.15) is 0 Å². The zero-order valence-electron chi connectivity index (χ0n) is 15.5. The maximum Gasteiger partial charge on any atom is 0.244 e. The van der Waals surface area contributed by atoms with Crippen molar-refractivity contribution in [2.24, 2.45) is 0 Å². The van der Waals surface area contributed by atoms with E-state index in [2.05, 4.69) is 39.2 Å². The van der Waals surface area contributed by atoms with Gasteiger partial charge in [-0.3, -0.25) is 0 Å². The van der Waals surface area contributed by atoms with Gasteiger partial charge in [-0.15, -0.1) is 0 Å². The molecule has 0 spiro atoms. The Morgan fingerprint density at radius 1 is 1.32 bits per heavy atom. The monoisotopic (exact) mass is 364 g/mol. The summed E-state index contributed by atoms with van der Waals surface area (Å²) in [7, 11) is -2.10. The lowest BCUT2D eigenvalue weighted by Gasteiger charge is -2.53. The molecular formula is C18H28N2O4Si. The fourth-order valence-corrected chi connectivity index (χ4v) is 4.56. The minimum absolute atomic E-state index is 0.00967. The van der Waals surface area contributed by atoms with Gasteiger partial charge in [0, 0.05) is 11.6 Å². The van der Waals surface area contributed by atoms with Gasteiger partial charge in [-0.1, -0.05) is 39.0 Å². The van der Waals surface area contributed by atoms with Crippen molar-refractivity contribution in [3.8, 4) is 0 Å². The summed E-state index contributed by atoms with van der Waals surface area (Å²) in [5.74, 6) is -1.73. The Labute approximate surface area is 149 Å². The molecule has 0 radical (unpaired) electrons. The van der Waals surface area contributed by atoms with Crippen LogP contribution >= 0.6 is 0 Å².